The molecule has 0 spiro atoms. The third kappa shape index (κ3) is 1.71. The molecule has 6 heteroatoms. The van der Waals surface area contributed by atoms with Gasteiger partial charge in [0, 0.05) is 12.7 Å². The van der Waals surface area contributed by atoms with E-state index in [4.69, 9.17) is 14.0 Å². The molecule has 2 aliphatic heterocycles. The summed E-state index contributed by atoms with van der Waals surface area (Å²) in [6.45, 7) is 10.3. The summed E-state index contributed by atoms with van der Waals surface area (Å²) in [5.74, 6) is 0.950. The van der Waals surface area contributed by atoms with Crippen molar-refractivity contribution in [2.75, 3.05) is 6.61 Å². The van der Waals surface area contributed by atoms with Gasteiger partial charge >= 0.3 is 7.12 Å². The van der Waals surface area contributed by atoms with Crippen LogP contribution in [0.3, 0.4) is 0 Å². The third-order valence-electron chi connectivity index (χ3n) is 4.15. The van der Waals surface area contributed by atoms with Crippen LogP contribution in [0.5, 0.6) is 0 Å². The van der Waals surface area contributed by atoms with Crippen LogP contribution in [0, 0.1) is 0 Å². The Balaban J connectivity index is 1.91. The van der Waals surface area contributed by atoms with Crippen molar-refractivity contribution >= 4 is 12.7 Å². The maximum absolute atomic E-state index is 6.05. The monoisotopic (exact) mass is 250 g/mol. The molecular formula is C12H19BN2O3. The minimum Gasteiger partial charge on any atom is -0.398 e. The summed E-state index contributed by atoms with van der Waals surface area (Å²) in [5, 5.41) is 0. The summed E-state index contributed by atoms with van der Waals surface area (Å²) in [7, 11) is -0.339. The van der Waals surface area contributed by atoms with E-state index in [9.17, 15) is 0 Å². The zero-order chi connectivity index (χ0) is 13.0. The number of aromatic nitrogens is 2. The van der Waals surface area contributed by atoms with Crippen molar-refractivity contribution in [2.24, 2.45) is 0 Å². The molecule has 18 heavy (non-hydrogen) atoms. The highest BCUT2D eigenvalue weighted by Gasteiger charge is 2.53. The van der Waals surface area contributed by atoms with Crippen molar-refractivity contribution in [3.05, 3.63) is 12.0 Å². The van der Waals surface area contributed by atoms with E-state index in [1.807, 2.05) is 6.20 Å². The zero-order valence-corrected chi connectivity index (χ0v) is 11.4. The molecule has 1 fully saturated rings. The molecule has 2 aliphatic rings. The number of fused-ring (bicyclic) bond motifs is 1. The Morgan fingerprint density at radius 2 is 1.89 bits per heavy atom. The van der Waals surface area contributed by atoms with Crippen LogP contribution in [0.2, 0.25) is 0 Å². The standard InChI is InChI=1S/C12H19BN2O3/c1-11(2)12(3,4)18-13(17-11)9-7-14-10-8-16-6-5-15(9)10/h7H,5-6,8H2,1-4H3. The van der Waals surface area contributed by atoms with Gasteiger partial charge in [-0.1, -0.05) is 0 Å². The first-order valence-electron chi connectivity index (χ1n) is 6.38. The molecule has 5 nitrogen and oxygen atoms in total. The maximum atomic E-state index is 6.05. The quantitative estimate of drug-likeness (QED) is 0.689. The van der Waals surface area contributed by atoms with Crippen molar-refractivity contribution in [3.8, 4) is 0 Å². The number of imidazole rings is 1. The lowest BCUT2D eigenvalue weighted by atomic mass is 9.85. The Hall–Kier alpha value is -0.845. The molecule has 0 N–H and O–H groups in total. The van der Waals surface area contributed by atoms with Crippen LogP contribution in [0.1, 0.15) is 33.5 Å². The van der Waals surface area contributed by atoms with Crippen LogP contribution in [0.4, 0.5) is 0 Å². The van der Waals surface area contributed by atoms with E-state index in [1.54, 1.807) is 0 Å². The lowest BCUT2D eigenvalue weighted by molar-refractivity contribution is 0.00578. The van der Waals surface area contributed by atoms with Crippen LogP contribution in [0.15, 0.2) is 6.20 Å². The van der Waals surface area contributed by atoms with Crippen molar-refractivity contribution in [2.45, 2.75) is 52.0 Å². The first-order chi connectivity index (χ1) is 8.41. The van der Waals surface area contributed by atoms with Crippen molar-refractivity contribution in [3.63, 3.8) is 0 Å². The topological polar surface area (TPSA) is 45.5 Å². The second-order valence-electron chi connectivity index (χ2n) is 5.89. The summed E-state index contributed by atoms with van der Waals surface area (Å²) in [6.07, 6.45) is 1.84. The fourth-order valence-electron chi connectivity index (χ4n) is 2.27. The molecule has 98 valence electrons. The SMILES string of the molecule is CC1(C)OB(c2cnc3n2CCOC3)OC1(C)C. The summed E-state index contributed by atoms with van der Waals surface area (Å²) < 4.78 is 19.6. The largest absolute Gasteiger partial charge is 0.514 e. The molecule has 3 heterocycles. The average molecular weight is 250 g/mol. The molecule has 0 unspecified atom stereocenters. The van der Waals surface area contributed by atoms with Gasteiger partial charge < -0.3 is 18.6 Å². The highest BCUT2D eigenvalue weighted by Crippen LogP contribution is 2.36. The van der Waals surface area contributed by atoms with E-state index < -0.39 is 0 Å². The van der Waals surface area contributed by atoms with Crippen molar-refractivity contribution in [1.82, 2.24) is 9.55 Å². The van der Waals surface area contributed by atoms with Crippen LogP contribution >= 0.6 is 0 Å². The lowest BCUT2D eigenvalue weighted by Crippen LogP contribution is -2.41. The van der Waals surface area contributed by atoms with E-state index in [2.05, 4.69) is 37.2 Å². The van der Waals surface area contributed by atoms with Crippen molar-refractivity contribution in [1.29, 1.82) is 0 Å². The van der Waals surface area contributed by atoms with Gasteiger partial charge in [0.05, 0.1) is 23.4 Å². The molecule has 0 bridgehead atoms. The van der Waals surface area contributed by atoms with Crippen LogP contribution in [-0.2, 0) is 27.2 Å². The van der Waals surface area contributed by atoms with Gasteiger partial charge in [0.15, 0.2) is 0 Å². The molecule has 1 aromatic rings. The van der Waals surface area contributed by atoms with Gasteiger partial charge in [0.1, 0.15) is 12.4 Å². The van der Waals surface area contributed by atoms with Gasteiger partial charge in [-0.15, -0.1) is 0 Å². The first kappa shape index (κ1) is 12.2. The van der Waals surface area contributed by atoms with Crippen LogP contribution in [-0.4, -0.2) is 34.5 Å². The number of ether oxygens (including phenoxy) is 1. The Morgan fingerprint density at radius 1 is 1.22 bits per heavy atom. The molecule has 1 aromatic heterocycles. The third-order valence-corrected chi connectivity index (χ3v) is 4.15. The molecule has 0 saturated carbocycles. The number of rotatable bonds is 1. The molecule has 0 atom stereocenters. The number of hydrogen-bond acceptors (Lipinski definition) is 4. The summed E-state index contributed by atoms with van der Waals surface area (Å²) >= 11 is 0. The Labute approximate surface area is 108 Å². The number of nitrogens with zero attached hydrogens (tertiary/aromatic N) is 2. The minimum absolute atomic E-state index is 0.312. The lowest BCUT2D eigenvalue weighted by Gasteiger charge is -2.32. The van der Waals surface area contributed by atoms with Gasteiger partial charge in [0.2, 0.25) is 0 Å². The Bertz CT molecular complexity index is 454. The normalized spacial score (nSPS) is 25.2. The molecule has 0 aromatic carbocycles. The maximum Gasteiger partial charge on any atom is 0.514 e. The van der Waals surface area contributed by atoms with Gasteiger partial charge in [-0.3, -0.25) is 0 Å². The summed E-state index contributed by atoms with van der Waals surface area (Å²) in [4.78, 5) is 4.37. The summed E-state index contributed by atoms with van der Waals surface area (Å²) in [5.41, 5.74) is 0.369. The predicted molar refractivity (Wildman–Crippen MR) is 67.6 cm³/mol. The Morgan fingerprint density at radius 3 is 2.56 bits per heavy atom. The van der Waals surface area contributed by atoms with Gasteiger partial charge in [-0.25, -0.2) is 4.98 Å². The molecular weight excluding hydrogens is 231 g/mol. The average Bonchev–Trinajstić information content (AvgIpc) is 2.78. The van der Waals surface area contributed by atoms with Gasteiger partial charge in [-0.05, 0) is 27.7 Å². The predicted octanol–water partition coefficient (Wildman–Crippen LogP) is 0.712. The highest BCUT2D eigenvalue weighted by molar-refractivity contribution is 6.61. The van der Waals surface area contributed by atoms with Gasteiger partial charge in [0.25, 0.3) is 0 Å². The second kappa shape index (κ2) is 3.82. The second-order valence-corrected chi connectivity index (χ2v) is 5.89. The molecule has 0 aliphatic carbocycles. The van der Waals surface area contributed by atoms with E-state index in [-0.39, 0.29) is 18.3 Å². The smallest absolute Gasteiger partial charge is 0.398 e. The van der Waals surface area contributed by atoms with Gasteiger partial charge in [-0.2, -0.15) is 0 Å². The van der Waals surface area contributed by atoms with E-state index in [1.165, 1.54) is 0 Å². The first-order valence-corrected chi connectivity index (χ1v) is 6.38. The van der Waals surface area contributed by atoms with Crippen molar-refractivity contribution < 1.29 is 14.0 Å². The molecule has 0 amide bonds. The molecule has 0 radical (unpaired) electrons. The van der Waals surface area contributed by atoms with E-state index >= 15 is 0 Å². The fraction of sp³-hybridized carbons (Fsp3) is 0.750. The fourth-order valence-corrected chi connectivity index (χ4v) is 2.27. The number of hydrogen-bond donors (Lipinski definition) is 0. The zero-order valence-electron chi connectivity index (χ0n) is 11.4. The van der Waals surface area contributed by atoms with E-state index in [0.29, 0.717) is 6.61 Å². The molecule has 1 saturated heterocycles. The highest BCUT2D eigenvalue weighted by atomic mass is 16.7. The molecule has 3 rings (SSSR count). The minimum atomic E-state index is -0.339. The van der Waals surface area contributed by atoms with Crippen LogP contribution in [0.25, 0.3) is 0 Å². The van der Waals surface area contributed by atoms with E-state index in [0.717, 1.165) is 24.6 Å². The van der Waals surface area contributed by atoms with Crippen LogP contribution < -0.4 is 5.59 Å². The summed E-state index contributed by atoms with van der Waals surface area (Å²) in [6, 6.07) is 0. The Kier molecular flexibility index (Phi) is 2.59.